The van der Waals surface area contributed by atoms with Crippen molar-refractivity contribution >= 4 is 15.9 Å². The molecule has 2 rings (SSSR count). The van der Waals surface area contributed by atoms with E-state index in [1.807, 2.05) is 6.07 Å². The summed E-state index contributed by atoms with van der Waals surface area (Å²) < 4.78 is 5.44. The van der Waals surface area contributed by atoms with Crippen molar-refractivity contribution in [2.24, 2.45) is 11.3 Å². The molecule has 1 nitrogen and oxygen atoms in total. The molecule has 2 unspecified atom stereocenters. The van der Waals surface area contributed by atoms with Gasteiger partial charge in [-0.1, -0.05) is 54.4 Å². The van der Waals surface area contributed by atoms with E-state index in [2.05, 4.69) is 48.0 Å². The largest absolute Gasteiger partial charge is 0.496 e. The second-order valence-corrected chi connectivity index (χ2v) is 7.20. The molecule has 1 aliphatic carbocycles. The second kappa shape index (κ2) is 5.64. The number of rotatable bonds is 4. The van der Waals surface area contributed by atoms with Crippen LogP contribution in [0.25, 0.3) is 0 Å². The van der Waals surface area contributed by atoms with Gasteiger partial charge in [0.25, 0.3) is 0 Å². The lowest BCUT2D eigenvalue weighted by molar-refractivity contribution is 0.254. The number of hydrogen-bond donors (Lipinski definition) is 0. The zero-order valence-electron chi connectivity index (χ0n) is 11.6. The predicted octanol–water partition coefficient (Wildman–Crippen LogP) is 4.83. The SMILES string of the molecule is COc1ccccc1CC(Br)C1CCCC1(C)C. The normalized spacial score (nSPS) is 23.9. The molecule has 0 heterocycles. The van der Waals surface area contributed by atoms with Gasteiger partial charge in [0.2, 0.25) is 0 Å². The number of para-hydroxylation sites is 1. The summed E-state index contributed by atoms with van der Waals surface area (Å²) in [5, 5.41) is 0. The second-order valence-electron chi connectivity index (χ2n) is 6.02. The van der Waals surface area contributed by atoms with Crippen LogP contribution in [-0.2, 0) is 6.42 Å². The molecule has 2 atom stereocenters. The van der Waals surface area contributed by atoms with E-state index in [1.165, 1.54) is 24.8 Å². The van der Waals surface area contributed by atoms with Crippen molar-refractivity contribution in [2.75, 3.05) is 7.11 Å². The highest BCUT2D eigenvalue weighted by Crippen LogP contribution is 2.47. The van der Waals surface area contributed by atoms with E-state index in [4.69, 9.17) is 4.74 Å². The molecule has 1 aliphatic rings. The minimum absolute atomic E-state index is 0.468. The Morgan fingerprint density at radius 2 is 2.11 bits per heavy atom. The summed E-state index contributed by atoms with van der Waals surface area (Å²) in [7, 11) is 1.75. The molecule has 1 saturated carbocycles. The van der Waals surface area contributed by atoms with Crippen LogP contribution in [0.5, 0.6) is 5.75 Å². The van der Waals surface area contributed by atoms with Gasteiger partial charge < -0.3 is 4.74 Å². The van der Waals surface area contributed by atoms with Gasteiger partial charge in [-0.05, 0) is 42.2 Å². The number of halogens is 1. The molecule has 0 aliphatic heterocycles. The smallest absolute Gasteiger partial charge is 0.122 e. The van der Waals surface area contributed by atoms with Crippen LogP contribution in [0.1, 0.15) is 38.7 Å². The van der Waals surface area contributed by atoms with E-state index in [-0.39, 0.29) is 0 Å². The fourth-order valence-electron chi connectivity index (χ4n) is 3.25. The Bertz CT molecular complexity index is 400. The van der Waals surface area contributed by atoms with Gasteiger partial charge in [0.1, 0.15) is 5.75 Å². The van der Waals surface area contributed by atoms with Gasteiger partial charge in [-0.25, -0.2) is 0 Å². The highest BCUT2D eigenvalue weighted by Gasteiger charge is 2.38. The molecule has 0 spiro atoms. The summed E-state index contributed by atoms with van der Waals surface area (Å²) in [5.41, 5.74) is 1.78. The minimum Gasteiger partial charge on any atom is -0.496 e. The van der Waals surface area contributed by atoms with Crippen LogP contribution < -0.4 is 4.74 Å². The Morgan fingerprint density at radius 1 is 1.39 bits per heavy atom. The molecular formula is C16H23BrO. The van der Waals surface area contributed by atoms with Gasteiger partial charge in [0.05, 0.1) is 7.11 Å². The molecular weight excluding hydrogens is 288 g/mol. The van der Waals surface area contributed by atoms with E-state index >= 15 is 0 Å². The fraction of sp³-hybridized carbons (Fsp3) is 0.625. The van der Waals surface area contributed by atoms with Crippen LogP contribution in [-0.4, -0.2) is 11.9 Å². The van der Waals surface area contributed by atoms with Crippen LogP contribution >= 0.6 is 15.9 Å². The summed E-state index contributed by atoms with van der Waals surface area (Å²) in [6.45, 7) is 4.81. The topological polar surface area (TPSA) is 9.23 Å². The predicted molar refractivity (Wildman–Crippen MR) is 80.5 cm³/mol. The van der Waals surface area contributed by atoms with Crippen molar-refractivity contribution in [1.82, 2.24) is 0 Å². The van der Waals surface area contributed by atoms with Crippen LogP contribution in [0.3, 0.4) is 0 Å². The van der Waals surface area contributed by atoms with Crippen LogP contribution in [0.4, 0.5) is 0 Å². The maximum absolute atomic E-state index is 5.44. The lowest BCUT2D eigenvalue weighted by Crippen LogP contribution is -2.27. The van der Waals surface area contributed by atoms with Crippen molar-refractivity contribution in [3.8, 4) is 5.75 Å². The molecule has 1 fully saturated rings. The summed E-state index contributed by atoms with van der Waals surface area (Å²) in [6.07, 6.45) is 5.12. The monoisotopic (exact) mass is 310 g/mol. The Hall–Kier alpha value is -0.500. The molecule has 0 amide bonds. The average Bonchev–Trinajstić information content (AvgIpc) is 2.69. The Morgan fingerprint density at radius 3 is 2.72 bits per heavy atom. The maximum Gasteiger partial charge on any atom is 0.122 e. The first-order valence-corrected chi connectivity index (χ1v) is 7.72. The average molecular weight is 311 g/mol. The summed E-state index contributed by atoms with van der Waals surface area (Å²) >= 11 is 3.92. The van der Waals surface area contributed by atoms with E-state index in [0.717, 1.165) is 18.1 Å². The lowest BCUT2D eigenvalue weighted by atomic mass is 9.78. The Labute approximate surface area is 119 Å². The molecule has 0 N–H and O–H groups in total. The van der Waals surface area contributed by atoms with Gasteiger partial charge in [0, 0.05) is 4.83 Å². The minimum atomic E-state index is 0.468. The van der Waals surface area contributed by atoms with Crippen molar-refractivity contribution in [3.05, 3.63) is 29.8 Å². The highest BCUT2D eigenvalue weighted by molar-refractivity contribution is 9.09. The van der Waals surface area contributed by atoms with Crippen molar-refractivity contribution in [2.45, 2.75) is 44.4 Å². The van der Waals surface area contributed by atoms with Crippen molar-refractivity contribution < 1.29 is 4.74 Å². The lowest BCUT2D eigenvalue weighted by Gasteiger charge is -2.31. The molecule has 18 heavy (non-hydrogen) atoms. The third-order valence-electron chi connectivity index (χ3n) is 4.38. The molecule has 0 bridgehead atoms. The number of hydrogen-bond acceptors (Lipinski definition) is 1. The van der Waals surface area contributed by atoms with Crippen LogP contribution in [0.2, 0.25) is 0 Å². The van der Waals surface area contributed by atoms with Crippen molar-refractivity contribution in [1.29, 1.82) is 0 Å². The third-order valence-corrected chi connectivity index (χ3v) is 5.35. The Balaban J connectivity index is 2.09. The van der Waals surface area contributed by atoms with Gasteiger partial charge >= 0.3 is 0 Å². The molecule has 0 aromatic heterocycles. The number of benzene rings is 1. The first-order valence-electron chi connectivity index (χ1n) is 6.80. The zero-order valence-corrected chi connectivity index (χ0v) is 13.2. The fourth-order valence-corrected chi connectivity index (χ4v) is 4.58. The molecule has 1 aromatic carbocycles. The van der Waals surface area contributed by atoms with Gasteiger partial charge in [-0.2, -0.15) is 0 Å². The molecule has 0 radical (unpaired) electrons. The summed E-state index contributed by atoms with van der Waals surface area (Å²) in [4.78, 5) is 0.548. The molecule has 1 aromatic rings. The Kier molecular flexibility index (Phi) is 4.37. The molecule has 2 heteroatoms. The quantitative estimate of drug-likeness (QED) is 0.724. The first-order chi connectivity index (χ1) is 8.54. The zero-order chi connectivity index (χ0) is 13.2. The van der Waals surface area contributed by atoms with Gasteiger partial charge in [-0.3, -0.25) is 0 Å². The molecule has 0 saturated heterocycles. The summed E-state index contributed by atoms with van der Waals surface area (Å²) in [5.74, 6) is 1.78. The number of methoxy groups -OCH3 is 1. The highest BCUT2D eigenvalue weighted by atomic mass is 79.9. The van der Waals surface area contributed by atoms with E-state index in [1.54, 1.807) is 7.11 Å². The summed E-state index contributed by atoms with van der Waals surface area (Å²) in [6, 6.07) is 8.35. The van der Waals surface area contributed by atoms with Crippen LogP contribution in [0, 0.1) is 11.3 Å². The van der Waals surface area contributed by atoms with E-state index < -0.39 is 0 Å². The van der Waals surface area contributed by atoms with Gasteiger partial charge in [0.15, 0.2) is 0 Å². The maximum atomic E-state index is 5.44. The number of alkyl halides is 1. The number of ether oxygens (including phenoxy) is 1. The van der Waals surface area contributed by atoms with E-state index in [9.17, 15) is 0 Å². The molecule has 100 valence electrons. The van der Waals surface area contributed by atoms with E-state index in [0.29, 0.717) is 10.2 Å². The first kappa shape index (κ1) is 13.9. The van der Waals surface area contributed by atoms with Crippen LogP contribution in [0.15, 0.2) is 24.3 Å². The standard InChI is InChI=1S/C16H23BrO/c1-16(2)10-6-8-13(16)14(17)11-12-7-4-5-9-15(12)18-3/h4-5,7,9,13-14H,6,8,10-11H2,1-3H3. The van der Waals surface area contributed by atoms with Gasteiger partial charge in [-0.15, -0.1) is 0 Å². The van der Waals surface area contributed by atoms with Crippen molar-refractivity contribution in [3.63, 3.8) is 0 Å². The third kappa shape index (κ3) is 2.90.